The summed E-state index contributed by atoms with van der Waals surface area (Å²) in [4.78, 5) is 15.6. The summed E-state index contributed by atoms with van der Waals surface area (Å²) < 4.78 is 2.11. The second-order valence-electron chi connectivity index (χ2n) is 4.86. The van der Waals surface area contributed by atoms with Crippen molar-refractivity contribution in [2.24, 2.45) is 0 Å². The fraction of sp³-hybridized carbons (Fsp3) is 0.667. The van der Waals surface area contributed by atoms with Crippen LogP contribution in [0.2, 0.25) is 0 Å². The summed E-state index contributed by atoms with van der Waals surface area (Å²) in [6.45, 7) is 4.01. The largest absolute Gasteiger partial charge is 0.480 e. The number of rotatable bonds is 3. The van der Waals surface area contributed by atoms with Crippen LogP contribution in [0.15, 0.2) is 6.33 Å². The molecule has 5 heteroatoms. The molecule has 1 fully saturated rings. The maximum Gasteiger partial charge on any atom is 0.323 e. The van der Waals surface area contributed by atoms with Gasteiger partial charge in [-0.15, -0.1) is 0 Å². The van der Waals surface area contributed by atoms with Crippen molar-refractivity contribution in [3.05, 3.63) is 17.7 Å². The molecule has 2 rings (SSSR count). The van der Waals surface area contributed by atoms with Crippen molar-refractivity contribution in [3.8, 4) is 0 Å². The van der Waals surface area contributed by atoms with Crippen LogP contribution in [0.4, 0.5) is 0 Å². The first kappa shape index (κ1) is 12.1. The standard InChI is InChI=1S/C12H19N3O2/c1-8-9(2)15(7-14-8)10-4-5-12(6-10,13-3)11(16)17/h7,10,13H,4-6H2,1-3H3,(H,16,17). The average molecular weight is 237 g/mol. The first-order valence-corrected chi connectivity index (χ1v) is 5.92. The van der Waals surface area contributed by atoms with Crippen LogP contribution in [-0.2, 0) is 4.79 Å². The Bertz CT molecular complexity index is 441. The fourth-order valence-electron chi connectivity index (χ4n) is 2.67. The van der Waals surface area contributed by atoms with E-state index in [9.17, 15) is 9.90 Å². The third-order valence-electron chi connectivity index (χ3n) is 4.06. The molecule has 1 saturated carbocycles. The van der Waals surface area contributed by atoms with E-state index in [-0.39, 0.29) is 6.04 Å². The van der Waals surface area contributed by atoms with E-state index in [4.69, 9.17) is 0 Å². The highest BCUT2D eigenvalue weighted by Crippen LogP contribution is 2.38. The van der Waals surface area contributed by atoms with E-state index in [1.54, 1.807) is 7.05 Å². The van der Waals surface area contributed by atoms with Crippen LogP contribution in [0.3, 0.4) is 0 Å². The second kappa shape index (κ2) is 4.14. The van der Waals surface area contributed by atoms with Gasteiger partial charge in [0, 0.05) is 11.7 Å². The van der Waals surface area contributed by atoms with Gasteiger partial charge in [-0.2, -0.15) is 0 Å². The van der Waals surface area contributed by atoms with Crippen molar-refractivity contribution in [3.63, 3.8) is 0 Å². The van der Waals surface area contributed by atoms with Crippen LogP contribution in [0.25, 0.3) is 0 Å². The number of nitrogens with zero attached hydrogens (tertiary/aromatic N) is 2. The second-order valence-corrected chi connectivity index (χ2v) is 4.86. The van der Waals surface area contributed by atoms with E-state index in [2.05, 4.69) is 14.9 Å². The Morgan fingerprint density at radius 3 is 2.76 bits per heavy atom. The molecule has 1 aliphatic rings. The maximum absolute atomic E-state index is 11.3. The highest BCUT2D eigenvalue weighted by atomic mass is 16.4. The Hall–Kier alpha value is -1.36. The molecular weight excluding hydrogens is 218 g/mol. The minimum absolute atomic E-state index is 0.236. The molecule has 2 unspecified atom stereocenters. The molecule has 0 bridgehead atoms. The lowest BCUT2D eigenvalue weighted by atomic mass is 9.98. The first-order chi connectivity index (χ1) is 8.00. The normalized spacial score (nSPS) is 28.5. The Morgan fingerprint density at radius 1 is 1.65 bits per heavy atom. The molecule has 17 heavy (non-hydrogen) atoms. The molecule has 1 aliphatic carbocycles. The van der Waals surface area contributed by atoms with Crippen molar-refractivity contribution in [2.45, 2.75) is 44.7 Å². The topological polar surface area (TPSA) is 67.2 Å². The van der Waals surface area contributed by atoms with Gasteiger partial charge in [-0.05, 0) is 40.2 Å². The average Bonchev–Trinajstić information content (AvgIpc) is 2.86. The Balaban J connectivity index is 2.23. The summed E-state index contributed by atoms with van der Waals surface area (Å²) in [5, 5.41) is 12.3. The summed E-state index contributed by atoms with van der Waals surface area (Å²) in [7, 11) is 1.72. The van der Waals surface area contributed by atoms with Gasteiger partial charge in [-0.1, -0.05) is 0 Å². The predicted octanol–water partition coefficient (Wildman–Crippen LogP) is 1.27. The SMILES string of the molecule is CNC1(C(=O)O)CCC(n2cnc(C)c2C)C1. The molecule has 2 atom stereocenters. The summed E-state index contributed by atoms with van der Waals surface area (Å²) >= 11 is 0. The number of carbonyl (C=O) groups is 1. The van der Waals surface area contributed by atoms with E-state index in [1.165, 1.54) is 0 Å². The van der Waals surface area contributed by atoms with Crippen molar-refractivity contribution >= 4 is 5.97 Å². The maximum atomic E-state index is 11.3. The van der Waals surface area contributed by atoms with E-state index in [0.717, 1.165) is 17.8 Å². The number of likely N-dealkylation sites (N-methyl/N-ethyl adjacent to an activating group) is 1. The predicted molar refractivity (Wildman–Crippen MR) is 64.0 cm³/mol. The van der Waals surface area contributed by atoms with Gasteiger partial charge in [0.05, 0.1) is 12.0 Å². The summed E-state index contributed by atoms with van der Waals surface area (Å²) in [5.74, 6) is -0.753. The molecule has 0 spiro atoms. The van der Waals surface area contributed by atoms with Gasteiger partial charge in [0.1, 0.15) is 5.54 Å². The zero-order chi connectivity index (χ0) is 12.6. The number of carboxylic acid groups (broad SMARTS) is 1. The Kier molecular flexibility index (Phi) is 2.95. The minimum atomic E-state index is -0.769. The van der Waals surface area contributed by atoms with Crippen LogP contribution in [0.5, 0.6) is 0 Å². The molecular formula is C12H19N3O2. The highest BCUT2D eigenvalue weighted by Gasteiger charge is 2.45. The molecule has 94 valence electrons. The Labute approximate surface area is 101 Å². The van der Waals surface area contributed by atoms with Gasteiger partial charge < -0.3 is 15.0 Å². The summed E-state index contributed by atoms with van der Waals surface area (Å²) in [6, 6.07) is 0.236. The van der Waals surface area contributed by atoms with Crippen LogP contribution in [0.1, 0.15) is 36.7 Å². The van der Waals surface area contributed by atoms with Gasteiger partial charge in [-0.3, -0.25) is 4.79 Å². The van der Waals surface area contributed by atoms with E-state index in [1.807, 2.05) is 20.2 Å². The molecule has 2 N–H and O–H groups in total. The number of hydrogen-bond acceptors (Lipinski definition) is 3. The number of hydrogen-bond donors (Lipinski definition) is 2. The van der Waals surface area contributed by atoms with Crippen LogP contribution >= 0.6 is 0 Å². The van der Waals surface area contributed by atoms with Gasteiger partial charge in [0.15, 0.2) is 0 Å². The zero-order valence-corrected chi connectivity index (χ0v) is 10.5. The number of nitrogens with one attached hydrogen (secondary N) is 1. The third-order valence-corrected chi connectivity index (χ3v) is 4.06. The van der Waals surface area contributed by atoms with Crippen molar-refractivity contribution in [1.82, 2.24) is 14.9 Å². The monoisotopic (exact) mass is 237 g/mol. The van der Waals surface area contributed by atoms with Gasteiger partial charge in [-0.25, -0.2) is 4.98 Å². The number of aromatic nitrogens is 2. The van der Waals surface area contributed by atoms with E-state index >= 15 is 0 Å². The molecule has 0 aliphatic heterocycles. The van der Waals surface area contributed by atoms with Crippen LogP contribution in [-0.4, -0.2) is 33.2 Å². The molecule has 1 aromatic heterocycles. The first-order valence-electron chi connectivity index (χ1n) is 5.92. The van der Waals surface area contributed by atoms with Crippen molar-refractivity contribution in [1.29, 1.82) is 0 Å². The quantitative estimate of drug-likeness (QED) is 0.830. The number of carboxylic acids is 1. The molecule has 1 aromatic rings. The number of imidazole rings is 1. The fourth-order valence-corrected chi connectivity index (χ4v) is 2.67. The smallest absolute Gasteiger partial charge is 0.323 e. The lowest BCUT2D eigenvalue weighted by molar-refractivity contribution is -0.144. The van der Waals surface area contributed by atoms with Crippen molar-refractivity contribution in [2.75, 3.05) is 7.05 Å². The third kappa shape index (κ3) is 1.84. The molecule has 0 amide bonds. The van der Waals surface area contributed by atoms with E-state index < -0.39 is 11.5 Å². The van der Waals surface area contributed by atoms with Gasteiger partial charge >= 0.3 is 5.97 Å². The molecule has 1 heterocycles. The summed E-state index contributed by atoms with van der Waals surface area (Å²) in [6.07, 6.45) is 3.99. The van der Waals surface area contributed by atoms with Crippen LogP contribution < -0.4 is 5.32 Å². The molecule has 0 radical (unpaired) electrons. The van der Waals surface area contributed by atoms with Gasteiger partial charge in [0.25, 0.3) is 0 Å². The number of aryl methyl sites for hydroxylation is 1. The Morgan fingerprint density at radius 2 is 2.35 bits per heavy atom. The molecule has 5 nitrogen and oxygen atoms in total. The van der Waals surface area contributed by atoms with Gasteiger partial charge in [0.2, 0.25) is 0 Å². The number of aliphatic carboxylic acids is 1. The zero-order valence-electron chi connectivity index (χ0n) is 10.5. The van der Waals surface area contributed by atoms with E-state index in [0.29, 0.717) is 12.8 Å². The lowest BCUT2D eigenvalue weighted by Crippen LogP contribution is -2.48. The van der Waals surface area contributed by atoms with Crippen LogP contribution in [0, 0.1) is 13.8 Å². The molecule has 0 saturated heterocycles. The lowest BCUT2D eigenvalue weighted by Gasteiger charge is -2.24. The minimum Gasteiger partial charge on any atom is -0.480 e. The summed E-state index contributed by atoms with van der Waals surface area (Å²) in [5.41, 5.74) is 1.38. The highest BCUT2D eigenvalue weighted by molar-refractivity contribution is 5.79. The van der Waals surface area contributed by atoms with Crippen molar-refractivity contribution < 1.29 is 9.90 Å². The molecule has 0 aromatic carbocycles.